The smallest absolute Gasteiger partial charge is 0.235 e. The molecule has 0 saturated carbocycles. The van der Waals surface area contributed by atoms with Crippen LogP contribution in [0.1, 0.15) is 38.1 Å². The van der Waals surface area contributed by atoms with E-state index in [2.05, 4.69) is 34.9 Å². The molecule has 22 heavy (non-hydrogen) atoms. The average molecular weight is 318 g/mol. The Morgan fingerprint density at radius 3 is 2.68 bits per heavy atom. The van der Waals surface area contributed by atoms with Crippen molar-refractivity contribution in [2.75, 3.05) is 0 Å². The molecule has 0 unspecified atom stereocenters. The summed E-state index contributed by atoms with van der Waals surface area (Å²) in [6.45, 7) is 6.09. The maximum Gasteiger partial charge on any atom is 0.235 e. The molecular formula is C17H17ClFN3. The van der Waals surface area contributed by atoms with Crippen LogP contribution in [0.4, 0.5) is 4.39 Å². The van der Waals surface area contributed by atoms with Crippen LogP contribution in [0.25, 0.3) is 22.2 Å². The Hall–Kier alpha value is -1.94. The molecule has 3 aromatic rings. The summed E-state index contributed by atoms with van der Waals surface area (Å²) < 4.78 is 13.9. The van der Waals surface area contributed by atoms with E-state index < -0.39 is 5.95 Å². The minimum absolute atomic E-state index is 0.364. The van der Waals surface area contributed by atoms with Gasteiger partial charge in [-0.1, -0.05) is 32.4 Å². The summed E-state index contributed by atoms with van der Waals surface area (Å²) in [5, 5.41) is 1.58. The maximum absolute atomic E-state index is 13.9. The number of halogens is 2. The quantitative estimate of drug-likeness (QED) is 0.730. The number of fused-ring (bicyclic) bond motifs is 1. The fourth-order valence-corrected chi connectivity index (χ4v) is 2.71. The molecular weight excluding hydrogens is 301 g/mol. The molecule has 0 atom stereocenters. The van der Waals surface area contributed by atoms with Gasteiger partial charge >= 0.3 is 0 Å². The first-order valence-corrected chi connectivity index (χ1v) is 7.71. The summed E-state index contributed by atoms with van der Waals surface area (Å²) in [6, 6.07) is 5.86. The number of hydrogen-bond acceptors (Lipinski definition) is 2. The van der Waals surface area contributed by atoms with Crippen LogP contribution in [-0.4, -0.2) is 15.0 Å². The molecule has 2 aromatic heterocycles. The molecule has 0 spiro atoms. The van der Waals surface area contributed by atoms with Crippen LogP contribution in [-0.2, 0) is 6.42 Å². The molecule has 114 valence electrons. The zero-order valence-corrected chi connectivity index (χ0v) is 13.5. The van der Waals surface area contributed by atoms with Gasteiger partial charge in [0.05, 0.1) is 22.6 Å². The van der Waals surface area contributed by atoms with E-state index >= 15 is 0 Å². The molecule has 0 radical (unpaired) electrons. The normalized spacial score (nSPS) is 11.5. The summed E-state index contributed by atoms with van der Waals surface area (Å²) in [5.41, 5.74) is 3.59. The minimum Gasteiger partial charge on any atom is -0.358 e. The van der Waals surface area contributed by atoms with E-state index in [1.165, 1.54) is 0 Å². The number of hydrogen-bond donors (Lipinski definition) is 1. The zero-order chi connectivity index (χ0) is 15.9. The second-order valence-electron chi connectivity index (χ2n) is 5.64. The van der Waals surface area contributed by atoms with Crippen molar-refractivity contribution in [3.8, 4) is 11.3 Å². The Labute approximate surface area is 133 Å². The van der Waals surface area contributed by atoms with Gasteiger partial charge in [0.25, 0.3) is 0 Å². The molecule has 3 rings (SSSR count). The number of nitrogens with one attached hydrogen (secondary N) is 1. The Morgan fingerprint density at radius 2 is 2.05 bits per heavy atom. The van der Waals surface area contributed by atoms with Gasteiger partial charge in [-0.2, -0.15) is 4.39 Å². The van der Waals surface area contributed by atoms with Gasteiger partial charge in [0.15, 0.2) is 0 Å². The monoisotopic (exact) mass is 317 g/mol. The number of H-pyrrole nitrogens is 1. The lowest BCUT2D eigenvalue weighted by atomic mass is 10.1. The van der Waals surface area contributed by atoms with E-state index in [9.17, 15) is 4.39 Å². The SMILES string of the molecule is CCc1ncc(-c2cc3[nH]c(C(C)C)cc3cc2Cl)nc1F. The van der Waals surface area contributed by atoms with Gasteiger partial charge in [0, 0.05) is 22.2 Å². The van der Waals surface area contributed by atoms with Crippen molar-refractivity contribution in [3.63, 3.8) is 0 Å². The Kier molecular flexibility index (Phi) is 3.87. The van der Waals surface area contributed by atoms with Crippen LogP contribution in [0.2, 0.25) is 5.02 Å². The standard InChI is InChI=1S/C17H17ClFN3/c1-4-13-17(19)22-16(8-20-13)11-7-15-10(5-12(11)18)6-14(21-15)9(2)3/h5-9,21H,4H2,1-3H3. The molecule has 0 aliphatic carbocycles. The number of rotatable bonds is 3. The fraction of sp³-hybridized carbons (Fsp3) is 0.294. The lowest BCUT2D eigenvalue weighted by Crippen LogP contribution is -1.98. The van der Waals surface area contributed by atoms with Gasteiger partial charge in [-0.05, 0) is 30.5 Å². The molecule has 0 bridgehead atoms. The number of benzene rings is 1. The van der Waals surface area contributed by atoms with Crippen molar-refractivity contribution >= 4 is 22.5 Å². The van der Waals surface area contributed by atoms with Gasteiger partial charge in [0.2, 0.25) is 5.95 Å². The predicted octanol–water partition coefficient (Wildman–Crippen LogP) is 5.10. The van der Waals surface area contributed by atoms with Crippen LogP contribution in [0.15, 0.2) is 24.4 Å². The topological polar surface area (TPSA) is 41.6 Å². The van der Waals surface area contributed by atoms with Crippen molar-refractivity contribution in [1.82, 2.24) is 15.0 Å². The first-order chi connectivity index (χ1) is 10.5. The molecule has 2 heterocycles. The summed E-state index contributed by atoms with van der Waals surface area (Å²) >= 11 is 6.35. The molecule has 0 aliphatic heterocycles. The summed E-state index contributed by atoms with van der Waals surface area (Å²) in [7, 11) is 0. The van der Waals surface area contributed by atoms with Crippen molar-refractivity contribution in [2.45, 2.75) is 33.1 Å². The molecule has 0 amide bonds. The van der Waals surface area contributed by atoms with E-state index in [0.717, 1.165) is 16.6 Å². The second kappa shape index (κ2) is 5.69. The van der Waals surface area contributed by atoms with Crippen LogP contribution < -0.4 is 0 Å². The third-order valence-corrected chi connectivity index (χ3v) is 4.07. The first-order valence-electron chi connectivity index (χ1n) is 7.33. The van der Waals surface area contributed by atoms with E-state index in [1.54, 1.807) is 6.20 Å². The van der Waals surface area contributed by atoms with Crippen molar-refractivity contribution in [2.24, 2.45) is 0 Å². The summed E-state index contributed by atoms with van der Waals surface area (Å²) in [6.07, 6.45) is 2.08. The highest BCUT2D eigenvalue weighted by atomic mass is 35.5. The fourth-order valence-electron chi connectivity index (χ4n) is 2.44. The van der Waals surface area contributed by atoms with E-state index in [-0.39, 0.29) is 0 Å². The van der Waals surface area contributed by atoms with Crippen LogP contribution in [0, 0.1) is 5.95 Å². The molecule has 5 heteroatoms. The first kappa shape index (κ1) is 15.0. The van der Waals surface area contributed by atoms with Crippen LogP contribution in [0.5, 0.6) is 0 Å². The lowest BCUT2D eigenvalue weighted by molar-refractivity contribution is 0.559. The van der Waals surface area contributed by atoms with E-state index in [4.69, 9.17) is 11.6 Å². The maximum atomic E-state index is 13.9. The van der Waals surface area contributed by atoms with Crippen molar-refractivity contribution in [1.29, 1.82) is 0 Å². The Bertz CT molecular complexity index is 839. The van der Waals surface area contributed by atoms with Crippen LogP contribution in [0.3, 0.4) is 0 Å². The zero-order valence-electron chi connectivity index (χ0n) is 12.7. The molecule has 0 saturated heterocycles. The number of aromatic nitrogens is 3. The van der Waals surface area contributed by atoms with Gasteiger partial charge < -0.3 is 4.98 Å². The molecule has 1 N–H and O–H groups in total. The molecule has 1 aromatic carbocycles. The van der Waals surface area contributed by atoms with Crippen LogP contribution >= 0.6 is 11.6 Å². The lowest BCUT2D eigenvalue weighted by Gasteiger charge is -2.06. The summed E-state index contributed by atoms with van der Waals surface area (Å²) in [5.74, 6) is -0.138. The third kappa shape index (κ3) is 2.59. The number of nitrogens with zero attached hydrogens (tertiary/aromatic N) is 2. The molecule has 0 fully saturated rings. The highest BCUT2D eigenvalue weighted by Gasteiger charge is 2.13. The highest BCUT2D eigenvalue weighted by Crippen LogP contribution is 2.32. The summed E-state index contributed by atoms with van der Waals surface area (Å²) in [4.78, 5) is 11.5. The average Bonchev–Trinajstić information content (AvgIpc) is 2.89. The largest absolute Gasteiger partial charge is 0.358 e. The van der Waals surface area contributed by atoms with Crippen molar-refractivity contribution in [3.05, 3.63) is 46.8 Å². The molecule has 3 nitrogen and oxygen atoms in total. The predicted molar refractivity (Wildman–Crippen MR) is 87.8 cm³/mol. The Balaban J connectivity index is 2.14. The minimum atomic E-state index is -0.537. The molecule has 0 aliphatic rings. The Morgan fingerprint density at radius 1 is 1.27 bits per heavy atom. The highest BCUT2D eigenvalue weighted by molar-refractivity contribution is 6.34. The van der Waals surface area contributed by atoms with E-state index in [1.807, 2.05) is 19.1 Å². The van der Waals surface area contributed by atoms with Gasteiger partial charge in [-0.15, -0.1) is 0 Å². The van der Waals surface area contributed by atoms with Gasteiger partial charge in [-0.25, -0.2) is 4.98 Å². The number of aryl methyl sites for hydroxylation is 1. The van der Waals surface area contributed by atoms with Gasteiger partial charge in [0.1, 0.15) is 0 Å². The van der Waals surface area contributed by atoms with Crippen molar-refractivity contribution < 1.29 is 4.39 Å². The second-order valence-corrected chi connectivity index (χ2v) is 6.05. The van der Waals surface area contributed by atoms with E-state index in [0.29, 0.717) is 34.3 Å². The van der Waals surface area contributed by atoms with Gasteiger partial charge in [-0.3, -0.25) is 4.98 Å². The number of aromatic amines is 1. The third-order valence-electron chi connectivity index (χ3n) is 3.76.